The highest BCUT2D eigenvalue weighted by atomic mass is 19.1. The Morgan fingerprint density at radius 2 is 2.16 bits per heavy atom. The number of halogens is 1. The zero-order valence-electron chi connectivity index (χ0n) is 10.8. The molecule has 0 fully saturated rings. The Balaban J connectivity index is 2.35. The van der Waals surface area contributed by atoms with Gasteiger partial charge < -0.3 is 5.73 Å². The monoisotopic (exact) mass is 259 g/mol. The summed E-state index contributed by atoms with van der Waals surface area (Å²) in [6.07, 6.45) is 0.775. The summed E-state index contributed by atoms with van der Waals surface area (Å²) < 4.78 is 16.8. The van der Waals surface area contributed by atoms with Crippen LogP contribution in [0.15, 0.2) is 24.3 Å². The third kappa shape index (κ3) is 1.68. The molecule has 0 atom stereocenters. The average Bonchev–Trinajstić information content (AvgIpc) is 2.86. The molecule has 1 aromatic carbocycles. The van der Waals surface area contributed by atoms with Gasteiger partial charge in [0.25, 0.3) is 0 Å². The molecule has 2 N–H and O–H groups in total. The quantitative estimate of drug-likeness (QED) is 0.766. The second kappa shape index (κ2) is 4.08. The Morgan fingerprint density at radius 3 is 2.84 bits per heavy atom. The molecule has 0 aliphatic rings. The van der Waals surface area contributed by atoms with Gasteiger partial charge in [-0.25, -0.2) is 14.1 Å². The number of rotatable bonds is 2. The summed E-state index contributed by atoms with van der Waals surface area (Å²) in [5.74, 6) is 0.0277. The van der Waals surface area contributed by atoms with Gasteiger partial charge >= 0.3 is 0 Å². The SMILES string of the molecule is CCc1nn(C)c2c1nc(N)n2-c1cccc(F)c1. The van der Waals surface area contributed by atoms with Gasteiger partial charge in [0.05, 0.1) is 11.4 Å². The fourth-order valence-electron chi connectivity index (χ4n) is 2.30. The number of anilines is 1. The van der Waals surface area contributed by atoms with E-state index in [1.54, 1.807) is 21.4 Å². The van der Waals surface area contributed by atoms with Gasteiger partial charge in [0, 0.05) is 7.05 Å². The Morgan fingerprint density at radius 1 is 1.37 bits per heavy atom. The summed E-state index contributed by atoms with van der Waals surface area (Å²) in [4.78, 5) is 4.35. The number of nitrogen functional groups attached to an aromatic ring is 1. The van der Waals surface area contributed by atoms with Crippen molar-refractivity contribution in [2.24, 2.45) is 7.05 Å². The minimum absolute atomic E-state index is 0.309. The molecule has 0 radical (unpaired) electrons. The van der Waals surface area contributed by atoms with E-state index in [9.17, 15) is 4.39 Å². The summed E-state index contributed by atoms with van der Waals surface area (Å²) in [7, 11) is 1.83. The molecule has 0 saturated carbocycles. The summed E-state index contributed by atoms with van der Waals surface area (Å²) >= 11 is 0. The molecule has 2 heterocycles. The maximum Gasteiger partial charge on any atom is 0.207 e. The van der Waals surface area contributed by atoms with Crippen LogP contribution < -0.4 is 5.73 Å². The maximum atomic E-state index is 13.4. The Labute approximate surface area is 109 Å². The van der Waals surface area contributed by atoms with Crippen LogP contribution in [-0.4, -0.2) is 19.3 Å². The molecular weight excluding hydrogens is 245 g/mol. The molecule has 0 aliphatic heterocycles. The van der Waals surface area contributed by atoms with E-state index in [2.05, 4.69) is 10.1 Å². The topological polar surface area (TPSA) is 61.7 Å². The van der Waals surface area contributed by atoms with Crippen LogP contribution in [0.2, 0.25) is 0 Å². The van der Waals surface area contributed by atoms with Gasteiger partial charge in [-0.2, -0.15) is 5.10 Å². The summed E-state index contributed by atoms with van der Waals surface area (Å²) in [6.45, 7) is 2.01. The maximum absolute atomic E-state index is 13.4. The van der Waals surface area contributed by atoms with Crippen LogP contribution in [0.1, 0.15) is 12.6 Å². The van der Waals surface area contributed by atoms with Gasteiger partial charge in [0.15, 0.2) is 5.65 Å². The van der Waals surface area contributed by atoms with E-state index in [0.717, 1.165) is 23.3 Å². The molecule has 0 aliphatic carbocycles. The van der Waals surface area contributed by atoms with E-state index in [1.807, 2.05) is 14.0 Å². The van der Waals surface area contributed by atoms with Gasteiger partial charge in [-0.05, 0) is 24.6 Å². The second-order valence-electron chi connectivity index (χ2n) is 4.38. The molecule has 6 heteroatoms. The van der Waals surface area contributed by atoms with Crippen molar-refractivity contribution in [3.63, 3.8) is 0 Å². The van der Waals surface area contributed by atoms with Gasteiger partial charge in [-0.15, -0.1) is 0 Å². The Hall–Kier alpha value is -2.37. The fraction of sp³-hybridized carbons (Fsp3) is 0.231. The lowest BCUT2D eigenvalue weighted by Crippen LogP contribution is -2.05. The molecular formula is C13H14FN5. The minimum atomic E-state index is -0.309. The molecule has 0 unspecified atom stereocenters. The fourth-order valence-corrected chi connectivity index (χ4v) is 2.30. The summed E-state index contributed by atoms with van der Waals surface area (Å²) in [6, 6.07) is 6.26. The first-order valence-corrected chi connectivity index (χ1v) is 6.07. The van der Waals surface area contributed by atoms with Crippen LogP contribution >= 0.6 is 0 Å². The van der Waals surface area contributed by atoms with Gasteiger partial charge in [-0.3, -0.25) is 4.57 Å². The van der Waals surface area contributed by atoms with Crippen molar-refractivity contribution in [2.75, 3.05) is 5.73 Å². The van der Waals surface area contributed by atoms with Crippen molar-refractivity contribution in [1.29, 1.82) is 0 Å². The zero-order chi connectivity index (χ0) is 13.6. The first-order chi connectivity index (χ1) is 9.11. The lowest BCUT2D eigenvalue weighted by atomic mass is 10.3. The van der Waals surface area contributed by atoms with E-state index in [1.165, 1.54) is 12.1 Å². The largest absolute Gasteiger partial charge is 0.369 e. The predicted molar refractivity (Wildman–Crippen MR) is 71.6 cm³/mol. The van der Waals surface area contributed by atoms with Crippen LogP contribution in [0, 0.1) is 5.82 Å². The van der Waals surface area contributed by atoms with Crippen LogP contribution in [-0.2, 0) is 13.5 Å². The van der Waals surface area contributed by atoms with Crippen LogP contribution in [0.25, 0.3) is 16.9 Å². The van der Waals surface area contributed by atoms with Crippen molar-refractivity contribution in [3.05, 3.63) is 35.8 Å². The number of nitrogens with zero attached hydrogens (tertiary/aromatic N) is 4. The minimum Gasteiger partial charge on any atom is -0.369 e. The molecule has 3 aromatic rings. The number of nitrogens with two attached hydrogens (primary N) is 1. The second-order valence-corrected chi connectivity index (χ2v) is 4.38. The normalized spacial score (nSPS) is 11.3. The number of hydrogen-bond acceptors (Lipinski definition) is 3. The van der Waals surface area contributed by atoms with Crippen LogP contribution in [0.3, 0.4) is 0 Å². The first-order valence-electron chi connectivity index (χ1n) is 6.07. The predicted octanol–water partition coefficient (Wildman–Crippen LogP) is 2.04. The highest BCUT2D eigenvalue weighted by molar-refractivity contribution is 5.80. The number of imidazole rings is 1. The third-order valence-corrected chi connectivity index (χ3v) is 3.13. The molecule has 0 bridgehead atoms. The van der Waals surface area contributed by atoms with Crippen LogP contribution in [0.5, 0.6) is 0 Å². The van der Waals surface area contributed by atoms with Crippen molar-refractivity contribution in [1.82, 2.24) is 19.3 Å². The standard InChI is InChI=1S/C13H14FN5/c1-3-10-11-12(18(2)17-10)19(13(15)16-11)9-6-4-5-8(14)7-9/h4-7H,3H2,1-2H3,(H2,15,16). The lowest BCUT2D eigenvalue weighted by Gasteiger charge is -2.06. The summed E-state index contributed by atoms with van der Waals surface area (Å²) in [5.41, 5.74) is 9.04. The first kappa shape index (κ1) is 11.7. The number of aryl methyl sites for hydroxylation is 2. The molecule has 19 heavy (non-hydrogen) atoms. The Bertz CT molecular complexity index is 756. The van der Waals surface area contributed by atoms with E-state index in [4.69, 9.17) is 5.73 Å². The molecule has 0 amide bonds. The zero-order valence-corrected chi connectivity index (χ0v) is 10.8. The van der Waals surface area contributed by atoms with Gasteiger partial charge in [0.1, 0.15) is 11.3 Å². The third-order valence-electron chi connectivity index (χ3n) is 3.13. The molecule has 3 rings (SSSR count). The van der Waals surface area contributed by atoms with E-state index in [0.29, 0.717) is 11.6 Å². The van der Waals surface area contributed by atoms with Crippen molar-refractivity contribution in [3.8, 4) is 5.69 Å². The van der Waals surface area contributed by atoms with E-state index >= 15 is 0 Å². The summed E-state index contributed by atoms with van der Waals surface area (Å²) in [5, 5.41) is 4.40. The molecule has 5 nitrogen and oxygen atoms in total. The van der Waals surface area contributed by atoms with Crippen LogP contribution in [0.4, 0.5) is 10.3 Å². The van der Waals surface area contributed by atoms with Crippen molar-refractivity contribution < 1.29 is 4.39 Å². The van der Waals surface area contributed by atoms with Gasteiger partial charge in [-0.1, -0.05) is 13.0 Å². The van der Waals surface area contributed by atoms with Crippen molar-refractivity contribution >= 4 is 17.1 Å². The van der Waals surface area contributed by atoms with Crippen molar-refractivity contribution in [2.45, 2.75) is 13.3 Å². The number of fused-ring (bicyclic) bond motifs is 1. The van der Waals surface area contributed by atoms with E-state index in [-0.39, 0.29) is 5.82 Å². The number of aromatic nitrogens is 4. The highest BCUT2D eigenvalue weighted by Gasteiger charge is 2.18. The smallest absolute Gasteiger partial charge is 0.207 e. The van der Waals surface area contributed by atoms with E-state index < -0.39 is 0 Å². The van der Waals surface area contributed by atoms with Gasteiger partial charge in [0.2, 0.25) is 5.95 Å². The molecule has 0 spiro atoms. The molecule has 0 saturated heterocycles. The number of hydrogen-bond donors (Lipinski definition) is 1. The lowest BCUT2D eigenvalue weighted by molar-refractivity contribution is 0.626. The Kier molecular flexibility index (Phi) is 2.51. The number of benzene rings is 1. The molecule has 2 aromatic heterocycles. The molecule has 98 valence electrons. The highest BCUT2D eigenvalue weighted by Crippen LogP contribution is 2.25. The average molecular weight is 259 g/mol.